The van der Waals surface area contributed by atoms with Gasteiger partial charge in [0.05, 0.1) is 18.8 Å². The molecule has 5 rings (SSSR count). The van der Waals surface area contributed by atoms with Gasteiger partial charge >= 0.3 is 0 Å². The molecular weight excluding hydrogens is 440 g/mol. The molecule has 3 heterocycles. The summed E-state index contributed by atoms with van der Waals surface area (Å²) in [5, 5.41) is 14.1. The summed E-state index contributed by atoms with van der Waals surface area (Å²) in [5.41, 5.74) is 6.99. The minimum Gasteiger partial charge on any atom is -0.393 e. The number of anilines is 1. The molecule has 0 aliphatic carbocycles. The van der Waals surface area contributed by atoms with E-state index in [0.29, 0.717) is 50.9 Å². The van der Waals surface area contributed by atoms with Crippen molar-refractivity contribution in [2.75, 3.05) is 18.0 Å². The van der Waals surface area contributed by atoms with Crippen molar-refractivity contribution >= 4 is 17.5 Å². The van der Waals surface area contributed by atoms with Crippen molar-refractivity contribution in [1.29, 1.82) is 0 Å². The van der Waals surface area contributed by atoms with E-state index in [9.17, 15) is 14.7 Å². The molecule has 182 valence electrons. The average molecular weight is 473 g/mol. The summed E-state index contributed by atoms with van der Waals surface area (Å²) in [6.45, 7) is 3.74. The summed E-state index contributed by atoms with van der Waals surface area (Å²) in [7, 11) is 1.94. The summed E-state index contributed by atoms with van der Waals surface area (Å²) >= 11 is 0. The molecule has 0 radical (unpaired) electrons. The van der Waals surface area contributed by atoms with Crippen LogP contribution in [-0.2, 0) is 31.2 Å². The van der Waals surface area contributed by atoms with Crippen molar-refractivity contribution in [3.63, 3.8) is 0 Å². The third-order valence-electron chi connectivity index (χ3n) is 7.38. The van der Waals surface area contributed by atoms with E-state index < -0.39 is 0 Å². The lowest BCUT2D eigenvalue weighted by atomic mass is 9.99. The van der Waals surface area contributed by atoms with E-state index >= 15 is 0 Å². The van der Waals surface area contributed by atoms with Crippen LogP contribution in [0, 0.1) is 6.92 Å². The van der Waals surface area contributed by atoms with Gasteiger partial charge in [0.2, 0.25) is 5.91 Å². The van der Waals surface area contributed by atoms with Crippen molar-refractivity contribution < 1.29 is 14.7 Å². The lowest BCUT2D eigenvalue weighted by molar-refractivity contribution is -0.133. The molecule has 0 unspecified atom stereocenters. The quantitative estimate of drug-likeness (QED) is 0.631. The van der Waals surface area contributed by atoms with E-state index in [1.807, 2.05) is 71.0 Å². The van der Waals surface area contributed by atoms with Crippen LogP contribution in [0.3, 0.4) is 0 Å². The monoisotopic (exact) mass is 472 g/mol. The number of carbonyl (C=O) groups excluding carboxylic acids is 2. The van der Waals surface area contributed by atoms with Gasteiger partial charge in [0.1, 0.15) is 0 Å². The highest BCUT2D eigenvalue weighted by molar-refractivity contribution is 6.06. The van der Waals surface area contributed by atoms with Gasteiger partial charge < -0.3 is 14.9 Å². The third-order valence-corrected chi connectivity index (χ3v) is 7.38. The number of benzene rings is 2. The number of carbonyl (C=O) groups is 2. The molecule has 3 aromatic rings. The molecule has 2 aliphatic rings. The van der Waals surface area contributed by atoms with E-state index in [2.05, 4.69) is 11.2 Å². The number of hydrogen-bond donors (Lipinski definition) is 1. The van der Waals surface area contributed by atoms with Gasteiger partial charge in [0.15, 0.2) is 0 Å². The Morgan fingerprint density at radius 1 is 1.09 bits per heavy atom. The highest BCUT2D eigenvalue weighted by atomic mass is 16.3. The number of likely N-dealkylation sites (tertiary alicyclic amines) is 1. The molecule has 35 heavy (non-hydrogen) atoms. The number of hydrogen-bond acceptors (Lipinski definition) is 4. The fraction of sp³-hybridized carbons (Fsp3) is 0.393. The number of fused-ring (bicyclic) bond motifs is 2. The Labute approximate surface area is 206 Å². The third kappa shape index (κ3) is 4.73. The van der Waals surface area contributed by atoms with Gasteiger partial charge in [-0.2, -0.15) is 5.10 Å². The molecule has 0 saturated carbocycles. The maximum atomic E-state index is 13.7. The van der Waals surface area contributed by atoms with Gasteiger partial charge in [-0.05, 0) is 61.1 Å². The van der Waals surface area contributed by atoms with Crippen LogP contribution in [0.5, 0.6) is 0 Å². The minimum atomic E-state index is -0.285. The Kier molecular flexibility index (Phi) is 6.43. The maximum Gasteiger partial charge on any atom is 0.258 e. The zero-order valence-corrected chi connectivity index (χ0v) is 20.4. The fourth-order valence-corrected chi connectivity index (χ4v) is 5.19. The molecule has 2 aliphatic heterocycles. The number of piperidine rings is 1. The highest BCUT2D eigenvalue weighted by Crippen LogP contribution is 2.31. The topological polar surface area (TPSA) is 78.7 Å². The van der Waals surface area contributed by atoms with Crippen LogP contribution in [0.4, 0.5) is 5.69 Å². The van der Waals surface area contributed by atoms with Gasteiger partial charge in [-0.1, -0.05) is 24.3 Å². The number of aromatic nitrogens is 2. The van der Waals surface area contributed by atoms with Crippen LogP contribution >= 0.6 is 0 Å². The highest BCUT2D eigenvalue weighted by Gasteiger charge is 2.27. The van der Waals surface area contributed by atoms with E-state index in [-0.39, 0.29) is 17.9 Å². The van der Waals surface area contributed by atoms with Crippen LogP contribution in [-0.4, -0.2) is 50.8 Å². The number of aryl methyl sites for hydroxylation is 3. The summed E-state index contributed by atoms with van der Waals surface area (Å²) in [6, 6.07) is 13.9. The second kappa shape index (κ2) is 9.66. The summed E-state index contributed by atoms with van der Waals surface area (Å²) in [5.74, 6) is 0.0941. The van der Waals surface area contributed by atoms with E-state index in [1.54, 1.807) is 0 Å². The zero-order valence-electron chi connectivity index (χ0n) is 20.4. The number of amides is 2. The van der Waals surface area contributed by atoms with Crippen LogP contribution in [0.25, 0.3) is 0 Å². The molecule has 0 spiro atoms. The Bertz CT molecular complexity index is 1260. The lowest BCUT2D eigenvalue weighted by Crippen LogP contribution is -2.40. The van der Waals surface area contributed by atoms with Gasteiger partial charge in [0, 0.05) is 55.5 Å². The van der Waals surface area contributed by atoms with Crippen LogP contribution in [0.15, 0.2) is 48.7 Å². The number of nitrogens with zero attached hydrogens (tertiary/aromatic N) is 4. The Morgan fingerprint density at radius 2 is 1.86 bits per heavy atom. The predicted molar refractivity (Wildman–Crippen MR) is 134 cm³/mol. The molecule has 2 aromatic carbocycles. The molecule has 0 bridgehead atoms. The summed E-state index contributed by atoms with van der Waals surface area (Å²) in [4.78, 5) is 30.0. The van der Waals surface area contributed by atoms with Crippen molar-refractivity contribution in [1.82, 2.24) is 14.7 Å². The smallest absolute Gasteiger partial charge is 0.258 e. The Balaban J connectivity index is 1.33. The van der Waals surface area contributed by atoms with Crippen molar-refractivity contribution in [2.45, 2.75) is 51.7 Å². The molecule has 1 saturated heterocycles. The Morgan fingerprint density at radius 3 is 2.63 bits per heavy atom. The predicted octanol–water partition coefficient (Wildman–Crippen LogP) is 3.40. The standard InChI is InChI=1S/C28H32N4O3/c1-19-15-22(8-7-20(19)9-10-27(34)31-13-11-24(33)12-14-31)28(35)32-18-23-17-29-30(2)26(23)16-21-5-3-4-6-25(21)32/h3-8,15,17,24,33H,9-14,16,18H2,1-2H3. The molecular formula is C28H32N4O3. The van der Waals surface area contributed by atoms with Gasteiger partial charge in [-0.25, -0.2) is 0 Å². The number of rotatable bonds is 4. The van der Waals surface area contributed by atoms with Crippen molar-refractivity contribution in [3.8, 4) is 0 Å². The molecule has 1 aromatic heterocycles. The number of aliphatic hydroxyl groups excluding tert-OH is 1. The fourth-order valence-electron chi connectivity index (χ4n) is 5.19. The summed E-state index contributed by atoms with van der Waals surface area (Å²) < 4.78 is 1.90. The van der Waals surface area contributed by atoms with Crippen molar-refractivity contribution in [2.24, 2.45) is 7.05 Å². The SMILES string of the molecule is Cc1cc(C(=O)N2Cc3cnn(C)c3Cc3ccccc32)ccc1CCC(=O)N1CCC(O)CC1. The van der Waals surface area contributed by atoms with E-state index in [4.69, 9.17) is 0 Å². The van der Waals surface area contributed by atoms with Gasteiger partial charge in [-0.3, -0.25) is 14.3 Å². The molecule has 1 fully saturated rings. The van der Waals surface area contributed by atoms with E-state index in [1.165, 1.54) is 0 Å². The van der Waals surface area contributed by atoms with Gasteiger partial charge in [-0.15, -0.1) is 0 Å². The molecule has 7 heteroatoms. The maximum absolute atomic E-state index is 13.7. The Hall–Kier alpha value is -3.45. The zero-order chi connectivity index (χ0) is 24.5. The number of aliphatic hydroxyl groups is 1. The number of para-hydroxylation sites is 1. The van der Waals surface area contributed by atoms with Crippen LogP contribution in [0.1, 0.15) is 57.6 Å². The normalized spacial score (nSPS) is 16.0. The molecule has 0 atom stereocenters. The first-order valence-corrected chi connectivity index (χ1v) is 12.4. The van der Waals surface area contributed by atoms with Crippen LogP contribution < -0.4 is 4.90 Å². The lowest BCUT2D eigenvalue weighted by Gasteiger charge is -2.29. The molecule has 7 nitrogen and oxygen atoms in total. The first-order chi connectivity index (χ1) is 16.9. The largest absolute Gasteiger partial charge is 0.393 e. The second-order valence-electron chi connectivity index (χ2n) is 9.69. The molecule has 1 N–H and O–H groups in total. The van der Waals surface area contributed by atoms with Gasteiger partial charge in [0.25, 0.3) is 5.91 Å². The second-order valence-corrected chi connectivity index (χ2v) is 9.69. The first kappa shape index (κ1) is 23.3. The van der Waals surface area contributed by atoms with Crippen LogP contribution in [0.2, 0.25) is 0 Å². The van der Waals surface area contributed by atoms with E-state index in [0.717, 1.165) is 40.1 Å². The average Bonchev–Trinajstić information content (AvgIpc) is 3.11. The first-order valence-electron chi connectivity index (χ1n) is 12.4. The van der Waals surface area contributed by atoms with Crippen molar-refractivity contribution in [3.05, 3.63) is 82.2 Å². The minimum absolute atomic E-state index is 0.0354. The summed E-state index contributed by atoms with van der Waals surface area (Å²) in [6.07, 6.45) is 4.71. The molecule has 2 amide bonds.